The van der Waals surface area contributed by atoms with E-state index in [1.165, 1.54) is 0 Å². The van der Waals surface area contributed by atoms with Gasteiger partial charge in [0, 0.05) is 24.2 Å². The van der Waals surface area contributed by atoms with Crippen LogP contribution in [0.25, 0.3) is 0 Å². The Morgan fingerprint density at radius 2 is 2.18 bits per heavy atom. The van der Waals surface area contributed by atoms with Crippen molar-refractivity contribution in [1.82, 2.24) is 5.32 Å². The van der Waals surface area contributed by atoms with E-state index >= 15 is 0 Å². The van der Waals surface area contributed by atoms with Crippen molar-refractivity contribution >= 4 is 38.9 Å². The molecule has 0 aliphatic carbocycles. The van der Waals surface area contributed by atoms with E-state index in [0.717, 1.165) is 15.9 Å². The Labute approximate surface area is 115 Å². The summed E-state index contributed by atoms with van der Waals surface area (Å²) >= 11 is 8.59. The number of rotatable bonds is 5. The minimum Gasteiger partial charge on any atom is -0.497 e. The summed E-state index contributed by atoms with van der Waals surface area (Å²) in [6, 6.07) is 5.64. The van der Waals surface area contributed by atoms with Crippen LogP contribution in [0.4, 0.5) is 5.69 Å². The van der Waals surface area contributed by atoms with Gasteiger partial charge in [0.1, 0.15) is 5.75 Å². The van der Waals surface area contributed by atoms with E-state index < -0.39 is 0 Å². The van der Waals surface area contributed by atoms with Crippen LogP contribution in [-0.2, 0) is 4.74 Å². The zero-order chi connectivity index (χ0) is 12.7. The lowest BCUT2D eigenvalue weighted by Gasteiger charge is -2.12. The maximum Gasteiger partial charge on any atom is 0.170 e. The van der Waals surface area contributed by atoms with E-state index in [1.807, 2.05) is 18.2 Å². The standard InChI is InChI=1S/C11H15BrN2O2S/c1-15-6-5-13-11(17)14-10-7-8(16-2)3-4-9(10)12/h3-4,7H,5-6H2,1-2H3,(H2,13,14,17). The van der Waals surface area contributed by atoms with Gasteiger partial charge in [-0.1, -0.05) is 0 Å². The fourth-order valence-corrected chi connectivity index (χ4v) is 1.72. The molecule has 0 atom stereocenters. The molecule has 0 unspecified atom stereocenters. The third-order valence-corrected chi connectivity index (χ3v) is 2.95. The largest absolute Gasteiger partial charge is 0.497 e. The topological polar surface area (TPSA) is 42.5 Å². The highest BCUT2D eigenvalue weighted by atomic mass is 79.9. The molecule has 0 radical (unpaired) electrons. The summed E-state index contributed by atoms with van der Waals surface area (Å²) in [4.78, 5) is 0. The molecule has 0 heterocycles. The molecule has 0 aliphatic heterocycles. The SMILES string of the molecule is COCCNC(=S)Nc1cc(OC)ccc1Br. The lowest BCUT2D eigenvalue weighted by atomic mass is 10.3. The Morgan fingerprint density at radius 3 is 2.82 bits per heavy atom. The van der Waals surface area contributed by atoms with Gasteiger partial charge in [-0.3, -0.25) is 0 Å². The number of anilines is 1. The Kier molecular flexibility index (Phi) is 6.25. The average Bonchev–Trinajstić information content (AvgIpc) is 2.32. The molecule has 0 bridgehead atoms. The molecule has 2 N–H and O–H groups in total. The molecule has 0 fully saturated rings. The van der Waals surface area contributed by atoms with Crippen molar-refractivity contribution in [2.45, 2.75) is 0 Å². The zero-order valence-corrected chi connectivity index (χ0v) is 12.2. The van der Waals surface area contributed by atoms with Crippen LogP contribution in [-0.4, -0.2) is 32.5 Å². The monoisotopic (exact) mass is 318 g/mol. The molecule has 1 rings (SSSR count). The van der Waals surface area contributed by atoms with Crippen molar-refractivity contribution in [3.8, 4) is 5.75 Å². The maximum atomic E-state index is 5.15. The molecule has 0 saturated carbocycles. The summed E-state index contributed by atoms with van der Waals surface area (Å²) in [5, 5.41) is 6.66. The van der Waals surface area contributed by atoms with Crippen molar-refractivity contribution in [3.05, 3.63) is 22.7 Å². The number of nitrogens with one attached hydrogen (secondary N) is 2. The number of hydrogen-bond acceptors (Lipinski definition) is 3. The zero-order valence-electron chi connectivity index (χ0n) is 9.75. The van der Waals surface area contributed by atoms with Gasteiger partial charge in [0.2, 0.25) is 0 Å². The molecule has 1 aromatic rings. The smallest absolute Gasteiger partial charge is 0.170 e. The normalized spacial score (nSPS) is 9.82. The van der Waals surface area contributed by atoms with E-state index in [4.69, 9.17) is 21.7 Å². The van der Waals surface area contributed by atoms with Crippen LogP contribution >= 0.6 is 28.1 Å². The lowest BCUT2D eigenvalue weighted by Crippen LogP contribution is -2.31. The van der Waals surface area contributed by atoms with Crippen LogP contribution in [0, 0.1) is 0 Å². The molecule has 0 spiro atoms. The third-order valence-electron chi connectivity index (χ3n) is 2.01. The van der Waals surface area contributed by atoms with E-state index in [-0.39, 0.29) is 0 Å². The molecule has 6 heteroatoms. The van der Waals surface area contributed by atoms with Crippen LogP contribution in [0.2, 0.25) is 0 Å². The van der Waals surface area contributed by atoms with Crippen LogP contribution in [0.5, 0.6) is 5.75 Å². The van der Waals surface area contributed by atoms with Crippen molar-refractivity contribution in [1.29, 1.82) is 0 Å². The summed E-state index contributed by atoms with van der Waals surface area (Å²) in [6.45, 7) is 1.28. The molecule has 4 nitrogen and oxygen atoms in total. The summed E-state index contributed by atoms with van der Waals surface area (Å²) < 4.78 is 11.0. The van der Waals surface area contributed by atoms with Crippen molar-refractivity contribution in [3.63, 3.8) is 0 Å². The van der Waals surface area contributed by atoms with Crippen LogP contribution in [0.3, 0.4) is 0 Å². The van der Waals surface area contributed by atoms with Gasteiger partial charge in [0.05, 0.1) is 19.4 Å². The summed E-state index contributed by atoms with van der Waals surface area (Å²) in [5.41, 5.74) is 0.860. The van der Waals surface area contributed by atoms with Crippen LogP contribution < -0.4 is 15.4 Å². The molecule has 17 heavy (non-hydrogen) atoms. The van der Waals surface area contributed by atoms with Crippen molar-refractivity contribution in [2.75, 3.05) is 32.7 Å². The Bertz CT molecular complexity index is 388. The summed E-state index contributed by atoms with van der Waals surface area (Å²) in [6.07, 6.45) is 0. The fourth-order valence-electron chi connectivity index (χ4n) is 1.16. The van der Waals surface area contributed by atoms with Gasteiger partial charge < -0.3 is 20.1 Å². The van der Waals surface area contributed by atoms with Gasteiger partial charge in [0.15, 0.2) is 5.11 Å². The van der Waals surface area contributed by atoms with Gasteiger partial charge in [-0.05, 0) is 40.3 Å². The number of halogens is 1. The maximum absolute atomic E-state index is 5.15. The van der Waals surface area contributed by atoms with Gasteiger partial charge in [0.25, 0.3) is 0 Å². The van der Waals surface area contributed by atoms with Crippen molar-refractivity contribution in [2.24, 2.45) is 0 Å². The predicted molar refractivity (Wildman–Crippen MR) is 76.8 cm³/mol. The second-order valence-electron chi connectivity index (χ2n) is 3.22. The minimum atomic E-state index is 0.552. The van der Waals surface area contributed by atoms with Crippen molar-refractivity contribution < 1.29 is 9.47 Å². The Balaban J connectivity index is 2.57. The molecule has 0 aliphatic rings. The molecule has 0 aromatic heterocycles. The minimum absolute atomic E-state index is 0.552. The fraction of sp³-hybridized carbons (Fsp3) is 0.364. The first-order valence-electron chi connectivity index (χ1n) is 5.04. The Morgan fingerprint density at radius 1 is 1.41 bits per heavy atom. The quantitative estimate of drug-likeness (QED) is 0.644. The third kappa shape index (κ3) is 4.89. The summed E-state index contributed by atoms with van der Waals surface area (Å²) in [7, 11) is 3.28. The highest BCUT2D eigenvalue weighted by molar-refractivity contribution is 9.10. The second-order valence-corrected chi connectivity index (χ2v) is 4.48. The van der Waals surface area contributed by atoms with Gasteiger partial charge >= 0.3 is 0 Å². The first kappa shape index (κ1) is 14.2. The first-order chi connectivity index (χ1) is 8.17. The summed E-state index contributed by atoms with van der Waals surface area (Å²) in [5.74, 6) is 0.774. The second kappa shape index (κ2) is 7.47. The van der Waals surface area contributed by atoms with E-state index in [0.29, 0.717) is 18.3 Å². The van der Waals surface area contributed by atoms with Gasteiger partial charge in [-0.25, -0.2) is 0 Å². The number of hydrogen-bond donors (Lipinski definition) is 2. The number of ether oxygens (including phenoxy) is 2. The van der Waals surface area contributed by atoms with Gasteiger partial charge in [-0.2, -0.15) is 0 Å². The predicted octanol–water partition coefficient (Wildman–Crippen LogP) is 2.39. The molecule has 94 valence electrons. The highest BCUT2D eigenvalue weighted by Gasteiger charge is 2.03. The number of benzene rings is 1. The average molecular weight is 319 g/mol. The van der Waals surface area contributed by atoms with Gasteiger partial charge in [-0.15, -0.1) is 0 Å². The first-order valence-corrected chi connectivity index (χ1v) is 6.25. The Hall–Kier alpha value is -0.850. The van der Waals surface area contributed by atoms with Crippen LogP contribution in [0.15, 0.2) is 22.7 Å². The molecule has 1 aromatic carbocycles. The van der Waals surface area contributed by atoms with E-state index in [9.17, 15) is 0 Å². The highest BCUT2D eigenvalue weighted by Crippen LogP contribution is 2.26. The number of thiocarbonyl (C=S) groups is 1. The molecular weight excluding hydrogens is 304 g/mol. The molecule has 0 amide bonds. The van der Waals surface area contributed by atoms with Crippen LogP contribution in [0.1, 0.15) is 0 Å². The molecular formula is C11H15BrN2O2S. The number of methoxy groups -OCH3 is 2. The molecule has 0 saturated heterocycles. The van der Waals surface area contributed by atoms with E-state index in [1.54, 1.807) is 14.2 Å². The lowest BCUT2D eigenvalue weighted by molar-refractivity contribution is 0.204. The van der Waals surface area contributed by atoms with E-state index in [2.05, 4.69) is 26.6 Å².